The summed E-state index contributed by atoms with van der Waals surface area (Å²) in [6, 6.07) is 14.8. The van der Waals surface area contributed by atoms with Gasteiger partial charge >= 0.3 is 0 Å². The molecule has 10 heteroatoms. The van der Waals surface area contributed by atoms with Crippen molar-refractivity contribution in [3.63, 3.8) is 0 Å². The van der Waals surface area contributed by atoms with Crippen molar-refractivity contribution in [2.75, 3.05) is 23.3 Å². The molecule has 1 aromatic carbocycles. The van der Waals surface area contributed by atoms with E-state index in [1.807, 2.05) is 12.1 Å². The smallest absolute Gasteiger partial charge is 0.278 e. The number of rotatable bonds is 7. The van der Waals surface area contributed by atoms with Gasteiger partial charge in [-0.05, 0) is 56.7 Å². The second-order valence-electron chi connectivity index (χ2n) is 10.2. The number of nitrogens with zero attached hydrogens (tertiary/aromatic N) is 6. The van der Waals surface area contributed by atoms with Crippen LogP contribution in [0.1, 0.15) is 26.0 Å². The van der Waals surface area contributed by atoms with Gasteiger partial charge in [-0.15, -0.1) is 6.58 Å². The molecule has 2 fully saturated rings. The molecule has 3 aromatic heterocycles. The Balaban J connectivity index is 1.36. The Morgan fingerprint density at radius 1 is 1.22 bits per heavy atom. The molecule has 0 radical (unpaired) electrons. The minimum atomic E-state index is -1.14. The van der Waals surface area contributed by atoms with Crippen molar-refractivity contribution in [2.24, 2.45) is 0 Å². The Morgan fingerprint density at radius 3 is 2.70 bits per heavy atom. The third-order valence-corrected chi connectivity index (χ3v) is 7.07. The highest BCUT2D eigenvalue weighted by atomic mass is 16.3. The molecule has 6 rings (SSSR count). The lowest BCUT2D eigenvalue weighted by atomic mass is 10.1. The first-order chi connectivity index (χ1) is 17.8. The molecule has 3 N–H and O–H groups in total. The summed E-state index contributed by atoms with van der Waals surface area (Å²) in [6.45, 7) is 9.48. The van der Waals surface area contributed by atoms with Crippen LogP contribution in [0.25, 0.3) is 16.9 Å². The van der Waals surface area contributed by atoms with Crippen molar-refractivity contribution in [3.05, 3.63) is 77.4 Å². The molecule has 5 heterocycles. The van der Waals surface area contributed by atoms with E-state index in [0.717, 1.165) is 18.8 Å². The number of benzene rings is 1. The lowest BCUT2D eigenvalue weighted by Gasteiger charge is -2.29. The SMILES string of the molecule is C=CCn1c(=O)c2cnc(Nc3ccc(N4C[C@H]5C[C@@H]4CN5)cc3)nc2n1-c1cccc(C(C)(C)O)n1. The van der Waals surface area contributed by atoms with Gasteiger partial charge < -0.3 is 20.6 Å². The van der Waals surface area contributed by atoms with E-state index in [1.54, 1.807) is 42.8 Å². The number of aromatic nitrogens is 5. The Morgan fingerprint density at radius 2 is 2.03 bits per heavy atom. The first kappa shape index (κ1) is 23.4. The largest absolute Gasteiger partial charge is 0.384 e. The van der Waals surface area contributed by atoms with Crippen LogP contribution in [-0.4, -0.2) is 54.6 Å². The number of hydrogen-bond donors (Lipinski definition) is 3. The molecule has 0 saturated carbocycles. The van der Waals surface area contributed by atoms with Crippen LogP contribution < -0.4 is 21.1 Å². The molecule has 0 unspecified atom stereocenters. The van der Waals surface area contributed by atoms with E-state index in [4.69, 9.17) is 4.98 Å². The number of fused-ring (bicyclic) bond motifs is 3. The number of hydrogen-bond acceptors (Lipinski definition) is 8. The van der Waals surface area contributed by atoms with Crippen LogP contribution in [-0.2, 0) is 12.1 Å². The highest BCUT2D eigenvalue weighted by Gasteiger charge is 2.37. The van der Waals surface area contributed by atoms with E-state index in [9.17, 15) is 9.90 Å². The fourth-order valence-electron chi connectivity index (χ4n) is 5.23. The van der Waals surface area contributed by atoms with Crippen molar-refractivity contribution in [1.82, 2.24) is 29.6 Å². The second-order valence-corrected chi connectivity index (χ2v) is 10.2. The minimum Gasteiger partial charge on any atom is -0.384 e. The van der Waals surface area contributed by atoms with Crippen LogP contribution in [0.15, 0.2) is 66.1 Å². The zero-order valence-corrected chi connectivity index (χ0v) is 20.9. The zero-order chi connectivity index (χ0) is 25.7. The van der Waals surface area contributed by atoms with E-state index in [1.165, 1.54) is 23.0 Å². The summed E-state index contributed by atoms with van der Waals surface area (Å²) in [5.74, 6) is 0.838. The first-order valence-corrected chi connectivity index (χ1v) is 12.5. The molecule has 2 aliphatic heterocycles. The molecule has 10 nitrogen and oxygen atoms in total. The van der Waals surface area contributed by atoms with Crippen LogP contribution in [0.4, 0.5) is 17.3 Å². The normalized spacial score (nSPS) is 19.1. The van der Waals surface area contributed by atoms with Gasteiger partial charge in [0.1, 0.15) is 11.0 Å². The standard InChI is InChI=1S/C27H30N8O2/c1-4-12-34-25(36)21-15-29-26(32-24(21)35(34)23-7-5-6-22(31-23)27(2,3)37)30-17-8-10-19(11-9-17)33-16-18-13-20(33)14-28-18/h4-11,15,18,20,28,37H,1,12-14,16H2,2-3H3,(H,29,30,32)/t18-,20-/m1/s1. The first-order valence-electron chi connectivity index (χ1n) is 12.5. The van der Waals surface area contributed by atoms with Crippen molar-refractivity contribution in [3.8, 4) is 5.82 Å². The van der Waals surface area contributed by atoms with Crippen LogP contribution in [0.3, 0.4) is 0 Å². The molecule has 2 saturated heterocycles. The summed E-state index contributed by atoms with van der Waals surface area (Å²) in [6.07, 6.45) is 4.38. The summed E-state index contributed by atoms with van der Waals surface area (Å²) in [7, 11) is 0. The maximum Gasteiger partial charge on any atom is 0.278 e. The van der Waals surface area contributed by atoms with Gasteiger partial charge in [0.25, 0.3) is 5.56 Å². The fourth-order valence-corrected chi connectivity index (χ4v) is 5.23. The molecule has 190 valence electrons. The van der Waals surface area contributed by atoms with E-state index >= 15 is 0 Å². The lowest BCUT2D eigenvalue weighted by Crippen LogP contribution is -2.43. The molecular weight excluding hydrogens is 468 g/mol. The Kier molecular flexibility index (Phi) is 5.58. The summed E-state index contributed by atoms with van der Waals surface area (Å²) in [5.41, 5.74) is 1.59. The molecule has 37 heavy (non-hydrogen) atoms. The number of aliphatic hydroxyl groups is 1. The van der Waals surface area contributed by atoms with Crippen LogP contribution in [0.2, 0.25) is 0 Å². The number of pyridine rings is 1. The Hall–Kier alpha value is -4.02. The van der Waals surface area contributed by atoms with E-state index in [0.29, 0.717) is 40.6 Å². The van der Waals surface area contributed by atoms with Crippen molar-refractivity contribution in [2.45, 2.75) is 44.5 Å². The average molecular weight is 499 g/mol. The molecule has 0 amide bonds. The number of nitrogens with one attached hydrogen (secondary N) is 2. The summed E-state index contributed by atoms with van der Waals surface area (Å²) >= 11 is 0. The minimum absolute atomic E-state index is 0.240. The maximum atomic E-state index is 13.2. The van der Waals surface area contributed by atoms with Gasteiger partial charge in [0.05, 0.1) is 12.2 Å². The predicted octanol–water partition coefficient (Wildman–Crippen LogP) is 2.68. The maximum absolute atomic E-state index is 13.2. The van der Waals surface area contributed by atoms with E-state index in [-0.39, 0.29) is 12.1 Å². The van der Waals surface area contributed by atoms with Crippen molar-refractivity contribution in [1.29, 1.82) is 0 Å². The van der Waals surface area contributed by atoms with Crippen LogP contribution in [0.5, 0.6) is 0 Å². The van der Waals surface area contributed by atoms with Gasteiger partial charge in [-0.2, -0.15) is 4.98 Å². The molecule has 2 atom stereocenters. The van der Waals surface area contributed by atoms with Gasteiger partial charge in [0.2, 0.25) is 5.95 Å². The zero-order valence-electron chi connectivity index (χ0n) is 20.9. The second kappa shape index (κ2) is 8.82. The third-order valence-electron chi connectivity index (χ3n) is 7.07. The summed E-state index contributed by atoms with van der Waals surface area (Å²) in [5, 5.41) is 17.7. The molecular formula is C27H30N8O2. The fraction of sp³-hybridized carbons (Fsp3) is 0.333. The number of allylic oxidation sites excluding steroid dienone is 1. The van der Waals surface area contributed by atoms with Gasteiger partial charge in [-0.3, -0.25) is 4.79 Å². The van der Waals surface area contributed by atoms with Gasteiger partial charge in [-0.25, -0.2) is 19.3 Å². The van der Waals surface area contributed by atoms with Crippen LogP contribution in [0, 0.1) is 0 Å². The third kappa shape index (κ3) is 4.17. The average Bonchev–Trinajstić information content (AvgIpc) is 3.59. The van der Waals surface area contributed by atoms with E-state index < -0.39 is 5.60 Å². The van der Waals surface area contributed by atoms with Gasteiger partial charge in [0.15, 0.2) is 11.5 Å². The summed E-state index contributed by atoms with van der Waals surface area (Å²) in [4.78, 5) is 29.4. The Labute approximate surface area is 214 Å². The Bertz CT molecular complexity index is 1530. The van der Waals surface area contributed by atoms with Crippen molar-refractivity contribution >= 4 is 28.4 Å². The molecule has 2 bridgehead atoms. The van der Waals surface area contributed by atoms with Gasteiger partial charge in [-0.1, -0.05) is 12.1 Å². The van der Waals surface area contributed by atoms with Crippen molar-refractivity contribution < 1.29 is 5.11 Å². The number of anilines is 3. The molecule has 0 spiro atoms. The number of piperazine rings is 1. The summed E-state index contributed by atoms with van der Waals surface area (Å²) < 4.78 is 3.17. The highest BCUT2D eigenvalue weighted by Crippen LogP contribution is 2.30. The topological polar surface area (TPSA) is 113 Å². The molecule has 4 aromatic rings. The van der Waals surface area contributed by atoms with Gasteiger partial charge in [0, 0.05) is 42.7 Å². The quantitative estimate of drug-likeness (QED) is 0.334. The molecule has 2 aliphatic rings. The lowest BCUT2D eigenvalue weighted by molar-refractivity contribution is 0.0738. The highest BCUT2D eigenvalue weighted by molar-refractivity contribution is 5.77. The molecule has 0 aliphatic carbocycles. The monoisotopic (exact) mass is 498 g/mol. The van der Waals surface area contributed by atoms with Crippen LogP contribution >= 0.6 is 0 Å². The van der Waals surface area contributed by atoms with E-state index in [2.05, 4.69) is 44.2 Å². The predicted molar refractivity (Wildman–Crippen MR) is 144 cm³/mol.